The van der Waals surface area contributed by atoms with Crippen molar-refractivity contribution in [2.75, 3.05) is 0 Å². The quantitative estimate of drug-likeness (QED) is 0.533. The summed E-state index contributed by atoms with van der Waals surface area (Å²) in [5.74, 6) is -0.283. The van der Waals surface area contributed by atoms with Crippen molar-refractivity contribution in [3.63, 3.8) is 0 Å². The molecule has 21 heavy (non-hydrogen) atoms. The van der Waals surface area contributed by atoms with Gasteiger partial charge in [0.25, 0.3) is 0 Å². The smallest absolute Gasteiger partial charge is 0.137 e. The van der Waals surface area contributed by atoms with Crippen LogP contribution in [0.3, 0.4) is 0 Å². The molecule has 0 heterocycles. The second-order valence-corrected chi connectivity index (χ2v) is 6.87. The number of hydrogen-bond acceptors (Lipinski definition) is 0. The molecule has 0 fully saturated rings. The fraction of sp³-hybridized carbons (Fsp3) is 0.333. The molecule has 2 rings (SSSR count). The Balaban J connectivity index is 2.63. The third kappa shape index (κ3) is 2.89. The van der Waals surface area contributed by atoms with E-state index in [0.717, 1.165) is 11.1 Å². The van der Waals surface area contributed by atoms with E-state index in [1.54, 1.807) is 6.07 Å². The van der Waals surface area contributed by atoms with Gasteiger partial charge in [0.1, 0.15) is 5.82 Å². The van der Waals surface area contributed by atoms with Gasteiger partial charge in [0.2, 0.25) is 0 Å². The lowest BCUT2D eigenvalue weighted by Crippen LogP contribution is -2.06. The SMILES string of the molecule is Cc1c(C)c(C)c(C(Cl)c2ccc(Br)c(F)c2)c(C)c1C. The summed E-state index contributed by atoms with van der Waals surface area (Å²) in [5.41, 5.74) is 8.09. The monoisotopic (exact) mass is 368 g/mol. The Labute approximate surface area is 139 Å². The highest BCUT2D eigenvalue weighted by Crippen LogP contribution is 2.38. The van der Waals surface area contributed by atoms with Gasteiger partial charge in [-0.05, 0) is 102 Å². The maximum absolute atomic E-state index is 13.8. The standard InChI is InChI=1S/C18H19BrClF/c1-9-10(2)12(4)17(13(5)11(9)3)18(20)14-6-7-15(19)16(21)8-14/h6-8,18H,1-5H3. The lowest BCUT2D eigenvalue weighted by molar-refractivity contribution is 0.619. The van der Waals surface area contributed by atoms with Crippen LogP contribution >= 0.6 is 27.5 Å². The number of halogens is 3. The summed E-state index contributed by atoms with van der Waals surface area (Å²) in [4.78, 5) is 0. The van der Waals surface area contributed by atoms with Gasteiger partial charge in [-0.25, -0.2) is 4.39 Å². The van der Waals surface area contributed by atoms with Gasteiger partial charge < -0.3 is 0 Å². The first kappa shape index (κ1) is 16.5. The molecule has 0 nitrogen and oxygen atoms in total. The van der Waals surface area contributed by atoms with Crippen LogP contribution < -0.4 is 0 Å². The van der Waals surface area contributed by atoms with Gasteiger partial charge in [0.15, 0.2) is 0 Å². The summed E-state index contributed by atoms with van der Waals surface area (Å²) in [6, 6.07) is 5.08. The maximum Gasteiger partial charge on any atom is 0.137 e. The summed E-state index contributed by atoms with van der Waals surface area (Å²) < 4.78 is 14.2. The number of rotatable bonds is 2. The molecule has 0 saturated heterocycles. The minimum Gasteiger partial charge on any atom is -0.206 e. The molecular weight excluding hydrogens is 351 g/mol. The van der Waals surface area contributed by atoms with Crippen LogP contribution in [-0.4, -0.2) is 0 Å². The molecule has 112 valence electrons. The van der Waals surface area contributed by atoms with E-state index in [4.69, 9.17) is 11.6 Å². The van der Waals surface area contributed by atoms with Crippen molar-refractivity contribution in [1.82, 2.24) is 0 Å². The van der Waals surface area contributed by atoms with Gasteiger partial charge in [-0.15, -0.1) is 11.6 Å². The third-order valence-electron chi connectivity index (χ3n) is 4.55. The molecule has 0 radical (unpaired) electrons. The Kier molecular flexibility index (Phi) is 4.79. The van der Waals surface area contributed by atoms with Gasteiger partial charge in [0.05, 0.1) is 9.85 Å². The summed E-state index contributed by atoms with van der Waals surface area (Å²) >= 11 is 9.86. The van der Waals surface area contributed by atoms with Crippen molar-refractivity contribution in [1.29, 1.82) is 0 Å². The fourth-order valence-electron chi connectivity index (χ4n) is 2.75. The Morgan fingerprint density at radius 1 is 0.905 bits per heavy atom. The van der Waals surface area contributed by atoms with Gasteiger partial charge in [-0.2, -0.15) is 0 Å². The summed E-state index contributed by atoms with van der Waals surface area (Å²) in [6.07, 6.45) is 0. The molecule has 0 aliphatic rings. The van der Waals surface area contributed by atoms with Crippen molar-refractivity contribution in [2.45, 2.75) is 40.0 Å². The molecule has 3 heteroatoms. The zero-order valence-electron chi connectivity index (χ0n) is 12.9. The molecule has 2 aromatic rings. The van der Waals surface area contributed by atoms with Crippen LogP contribution in [0, 0.1) is 40.4 Å². The van der Waals surface area contributed by atoms with E-state index in [2.05, 4.69) is 50.5 Å². The highest BCUT2D eigenvalue weighted by atomic mass is 79.9. The van der Waals surface area contributed by atoms with E-state index in [1.165, 1.54) is 33.9 Å². The highest BCUT2D eigenvalue weighted by molar-refractivity contribution is 9.10. The first-order valence-electron chi connectivity index (χ1n) is 6.91. The van der Waals surface area contributed by atoms with E-state index in [9.17, 15) is 4.39 Å². The van der Waals surface area contributed by atoms with E-state index < -0.39 is 0 Å². The zero-order chi connectivity index (χ0) is 15.9. The van der Waals surface area contributed by atoms with Crippen LogP contribution in [0.1, 0.15) is 44.3 Å². The van der Waals surface area contributed by atoms with Gasteiger partial charge in [0, 0.05) is 0 Å². The van der Waals surface area contributed by atoms with Crippen molar-refractivity contribution in [3.05, 3.63) is 67.4 Å². The molecule has 0 aromatic heterocycles. The molecule has 1 unspecified atom stereocenters. The van der Waals surface area contributed by atoms with Crippen LogP contribution in [0.25, 0.3) is 0 Å². The van der Waals surface area contributed by atoms with E-state index in [1.807, 2.05) is 6.07 Å². The molecule has 0 amide bonds. The van der Waals surface area contributed by atoms with Crippen LogP contribution in [-0.2, 0) is 0 Å². The van der Waals surface area contributed by atoms with E-state index in [0.29, 0.717) is 4.47 Å². The Morgan fingerprint density at radius 3 is 1.86 bits per heavy atom. The average molecular weight is 370 g/mol. The Bertz CT molecular complexity index is 678. The lowest BCUT2D eigenvalue weighted by Gasteiger charge is -2.22. The van der Waals surface area contributed by atoms with Crippen LogP contribution in [0.2, 0.25) is 0 Å². The van der Waals surface area contributed by atoms with Gasteiger partial charge in [-0.1, -0.05) is 6.07 Å². The van der Waals surface area contributed by atoms with Crippen molar-refractivity contribution in [2.24, 2.45) is 0 Å². The lowest BCUT2D eigenvalue weighted by atomic mass is 9.86. The third-order valence-corrected chi connectivity index (χ3v) is 5.66. The molecule has 0 saturated carbocycles. The minimum absolute atomic E-state index is 0.283. The summed E-state index contributed by atoms with van der Waals surface area (Å²) in [5, 5.41) is -0.342. The van der Waals surface area contributed by atoms with Gasteiger partial charge in [-0.3, -0.25) is 0 Å². The van der Waals surface area contributed by atoms with Gasteiger partial charge >= 0.3 is 0 Å². The second-order valence-electron chi connectivity index (χ2n) is 5.57. The maximum atomic E-state index is 13.8. The summed E-state index contributed by atoms with van der Waals surface area (Å²) in [7, 11) is 0. The average Bonchev–Trinajstić information content (AvgIpc) is 2.46. The second kappa shape index (κ2) is 6.10. The van der Waals surface area contributed by atoms with Crippen molar-refractivity contribution >= 4 is 27.5 Å². The van der Waals surface area contributed by atoms with Crippen LogP contribution in [0.15, 0.2) is 22.7 Å². The van der Waals surface area contributed by atoms with E-state index >= 15 is 0 Å². The molecule has 0 aliphatic heterocycles. The van der Waals surface area contributed by atoms with Crippen LogP contribution in [0.4, 0.5) is 4.39 Å². The molecule has 0 aliphatic carbocycles. The molecular formula is C18H19BrClF. The van der Waals surface area contributed by atoms with Crippen molar-refractivity contribution < 1.29 is 4.39 Å². The molecule has 0 N–H and O–H groups in total. The predicted octanol–water partition coefficient (Wildman–Crippen LogP) is 6.46. The number of hydrogen-bond donors (Lipinski definition) is 0. The van der Waals surface area contributed by atoms with E-state index in [-0.39, 0.29) is 11.2 Å². The normalized spacial score (nSPS) is 12.6. The number of alkyl halides is 1. The largest absolute Gasteiger partial charge is 0.206 e. The Morgan fingerprint density at radius 2 is 1.38 bits per heavy atom. The zero-order valence-corrected chi connectivity index (χ0v) is 15.3. The fourth-order valence-corrected chi connectivity index (χ4v) is 3.46. The molecule has 1 atom stereocenters. The molecule has 2 aromatic carbocycles. The summed E-state index contributed by atoms with van der Waals surface area (Å²) in [6.45, 7) is 10.6. The first-order chi connectivity index (χ1) is 9.75. The topological polar surface area (TPSA) is 0 Å². The first-order valence-corrected chi connectivity index (χ1v) is 8.14. The van der Waals surface area contributed by atoms with Crippen molar-refractivity contribution in [3.8, 4) is 0 Å². The highest BCUT2D eigenvalue weighted by Gasteiger charge is 2.20. The number of benzene rings is 2. The molecule has 0 bridgehead atoms. The Hall–Kier alpha value is -0.860. The predicted molar refractivity (Wildman–Crippen MR) is 91.9 cm³/mol. The van der Waals surface area contributed by atoms with Crippen LogP contribution in [0.5, 0.6) is 0 Å². The molecule has 0 spiro atoms. The minimum atomic E-state index is -0.342.